The van der Waals surface area contributed by atoms with E-state index in [2.05, 4.69) is 21.4 Å². The Hall–Kier alpha value is -1.98. The van der Waals surface area contributed by atoms with Gasteiger partial charge in [-0.05, 0) is 36.6 Å². The van der Waals surface area contributed by atoms with Crippen molar-refractivity contribution in [3.8, 4) is 11.8 Å². The topological polar surface area (TPSA) is 56.3 Å². The van der Waals surface area contributed by atoms with Crippen LogP contribution in [0.3, 0.4) is 0 Å². The van der Waals surface area contributed by atoms with E-state index in [0.29, 0.717) is 12.1 Å². The van der Waals surface area contributed by atoms with Gasteiger partial charge in [0.1, 0.15) is 5.75 Å². The summed E-state index contributed by atoms with van der Waals surface area (Å²) in [4.78, 5) is 8.11. The van der Waals surface area contributed by atoms with Gasteiger partial charge in [0, 0.05) is 32.1 Å². The van der Waals surface area contributed by atoms with E-state index in [-0.39, 0.29) is 0 Å². The lowest BCUT2D eigenvalue weighted by atomic mass is 10.2. The molecule has 2 aromatic rings. The maximum absolute atomic E-state index is 5.62. The number of ether oxygens (including phenoxy) is 2. The Morgan fingerprint density at radius 1 is 1.24 bits per heavy atom. The molecule has 21 heavy (non-hydrogen) atoms. The van der Waals surface area contributed by atoms with E-state index in [1.54, 1.807) is 18.5 Å². The van der Waals surface area contributed by atoms with Crippen LogP contribution in [0.15, 0.2) is 42.7 Å². The summed E-state index contributed by atoms with van der Waals surface area (Å²) in [5, 5.41) is 3.42. The van der Waals surface area contributed by atoms with Gasteiger partial charge in [-0.15, -0.1) is 0 Å². The summed E-state index contributed by atoms with van der Waals surface area (Å²) in [7, 11) is 0. The van der Waals surface area contributed by atoms with E-state index >= 15 is 0 Å². The maximum atomic E-state index is 5.62. The summed E-state index contributed by atoms with van der Waals surface area (Å²) in [5.74, 6) is 0.748. The van der Waals surface area contributed by atoms with Gasteiger partial charge in [0.25, 0.3) is 0 Å². The second-order valence-electron chi connectivity index (χ2n) is 5.05. The predicted molar refractivity (Wildman–Crippen MR) is 79.2 cm³/mol. The minimum Gasteiger partial charge on any atom is -0.424 e. The van der Waals surface area contributed by atoms with Gasteiger partial charge in [0.05, 0.1) is 6.10 Å². The average molecular weight is 285 g/mol. The van der Waals surface area contributed by atoms with Crippen molar-refractivity contribution in [3.63, 3.8) is 0 Å². The van der Waals surface area contributed by atoms with Crippen LogP contribution in [0.5, 0.6) is 11.8 Å². The first-order valence-electron chi connectivity index (χ1n) is 7.26. The van der Waals surface area contributed by atoms with Gasteiger partial charge in [-0.1, -0.05) is 12.1 Å². The highest BCUT2D eigenvalue weighted by atomic mass is 16.5. The van der Waals surface area contributed by atoms with E-state index in [0.717, 1.165) is 31.9 Å². The molecule has 5 heteroatoms. The first kappa shape index (κ1) is 14.0. The van der Waals surface area contributed by atoms with Crippen LogP contribution >= 0.6 is 0 Å². The Balaban J connectivity index is 1.53. The van der Waals surface area contributed by atoms with E-state index < -0.39 is 0 Å². The second-order valence-corrected chi connectivity index (χ2v) is 5.05. The molecule has 0 amide bonds. The summed E-state index contributed by atoms with van der Waals surface area (Å²) in [5.41, 5.74) is 1.17. The molecule has 3 rings (SSSR count). The molecule has 0 aliphatic carbocycles. The number of hydrogen-bond acceptors (Lipinski definition) is 5. The highest BCUT2D eigenvalue weighted by Crippen LogP contribution is 2.18. The minimum absolute atomic E-state index is 0.363. The predicted octanol–water partition coefficient (Wildman–Crippen LogP) is 2.54. The Kier molecular flexibility index (Phi) is 4.76. The fourth-order valence-electron chi connectivity index (χ4n) is 2.35. The fourth-order valence-corrected chi connectivity index (χ4v) is 2.35. The highest BCUT2D eigenvalue weighted by Gasteiger charge is 2.14. The fraction of sp³-hybridized carbons (Fsp3) is 0.375. The lowest BCUT2D eigenvalue weighted by Gasteiger charge is -2.11. The number of hydrogen-bond donors (Lipinski definition) is 1. The lowest BCUT2D eigenvalue weighted by molar-refractivity contribution is 0.110. The van der Waals surface area contributed by atoms with Gasteiger partial charge < -0.3 is 14.8 Å². The zero-order valence-corrected chi connectivity index (χ0v) is 11.9. The summed E-state index contributed by atoms with van der Waals surface area (Å²) in [6.45, 7) is 2.59. The highest BCUT2D eigenvalue weighted by molar-refractivity contribution is 5.30. The van der Waals surface area contributed by atoms with Crippen LogP contribution in [0.2, 0.25) is 0 Å². The molecule has 2 heterocycles. The quantitative estimate of drug-likeness (QED) is 0.884. The van der Waals surface area contributed by atoms with E-state index in [4.69, 9.17) is 9.47 Å². The molecule has 1 saturated heterocycles. The molecule has 5 nitrogen and oxygen atoms in total. The van der Waals surface area contributed by atoms with Gasteiger partial charge in [-0.25, -0.2) is 9.97 Å². The first-order chi connectivity index (χ1) is 10.4. The van der Waals surface area contributed by atoms with Crippen molar-refractivity contribution < 1.29 is 9.47 Å². The lowest BCUT2D eigenvalue weighted by Crippen LogP contribution is -2.25. The maximum Gasteiger partial charge on any atom is 0.321 e. The van der Waals surface area contributed by atoms with Crippen LogP contribution in [0.4, 0.5) is 0 Å². The number of rotatable bonds is 6. The van der Waals surface area contributed by atoms with Gasteiger partial charge in [-0.3, -0.25) is 0 Å². The molecular formula is C16H19N3O2. The van der Waals surface area contributed by atoms with E-state index in [1.165, 1.54) is 12.0 Å². The largest absolute Gasteiger partial charge is 0.424 e. The molecule has 110 valence electrons. The van der Waals surface area contributed by atoms with E-state index in [1.807, 2.05) is 18.2 Å². The normalized spacial score (nSPS) is 17.8. The summed E-state index contributed by atoms with van der Waals surface area (Å²) in [6, 6.07) is 10.1. The Morgan fingerprint density at radius 2 is 2.14 bits per heavy atom. The zero-order valence-electron chi connectivity index (χ0n) is 11.9. The molecular weight excluding hydrogens is 266 g/mol. The summed E-state index contributed by atoms with van der Waals surface area (Å²) >= 11 is 0. The summed E-state index contributed by atoms with van der Waals surface area (Å²) in [6.07, 6.45) is 6.01. The molecule has 1 N–H and O–H groups in total. The standard InChI is InChI=1S/C16H19N3O2/c1-4-13(11-17-12-15-6-2-9-20-15)10-14(5-1)21-16-18-7-3-8-19-16/h1,3-5,7-8,10,15,17H,2,6,9,11-12H2/t15-/m0/s1. The van der Waals surface area contributed by atoms with E-state index in [9.17, 15) is 0 Å². The molecule has 1 aromatic carbocycles. The van der Waals surface area contributed by atoms with Crippen molar-refractivity contribution in [2.24, 2.45) is 0 Å². The van der Waals surface area contributed by atoms with Gasteiger partial charge in [-0.2, -0.15) is 0 Å². The second kappa shape index (κ2) is 7.15. The molecule has 1 atom stereocenters. The van der Waals surface area contributed by atoms with Crippen molar-refractivity contribution in [1.82, 2.24) is 15.3 Å². The van der Waals surface area contributed by atoms with Crippen molar-refractivity contribution in [2.45, 2.75) is 25.5 Å². The molecule has 0 radical (unpaired) electrons. The molecule has 0 saturated carbocycles. The zero-order chi connectivity index (χ0) is 14.3. The Morgan fingerprint density at radius 3 is 2.95 bits per heavy atom. The molecule has 1 aromatic heterocycles. The number of nitrogens with zero attached hydrogens (tertiary/aromatic N) is 2. The number of nitrogens with one attached hydrogen (secondary N) is 1. The van der Waals surface area contributed by atoms with Crippen LogP contribution in [0.25, 0.3) is 0 Å². The first-order valence-corrected chi connectivity index (χ1v) is 7.26. The minimum atomic E-state index is 0.363. The van der Waals surface area contributed by atoms with Gasteiger partial charge in [0.15, 0.2) is 0 Å². The van der Waals surface area contributed by atoms with Crippen molar-refractivity contribution in [2.75, 3.05) is 13.2 Å². The van der Waals surface area contributed by atoms with Gasteiger partial charge >= 0.3 is 6.01 Å². The third-order valence-electron chi connectivity index (χ3n) is 3.37. The van der Waals surface area contributed by atoms with Crippen LogP contribution in [0, 0.1) is 0 Å². The van der Waals surface area contributed by atoms with Crippen LogP contribution < -0.4 is 10.1 Å². The number of aromatic nitrogens is 2. The molecule has 1 aliphatic heterocycles. The van der Waals surface area contributed by atoms with Gasteiger partial charge in [0.2, 0.25) is 0 Å². The van der Waals surface area contributed by atoms with Crippen molar-refractivity contribution >= 4 is 0 Å². The molecule has 0 spiro atoms. The molecule has 0 bridgehead atoms. The smallest absolute Gasteiger partial charge is 0.321 e. The molecule has 1 aliphatic rings. The van der Waals surface area contributed by atoms with Crippen molar-refractivity contribution in [3.05, 3.63) is 48.3 Å². The average Bonchev–Trinajstić information content (AvgIpc) is 3.02. The molecule has 1 fully saturated rings. The van der Waals surface area contributed by atoms with Crippen LogP contribution in [0.1, 0.15) is 18.4 Å². The third kappa shape index (κ3) is 4.24. The number of benzene rings is 1. The van der Waals surface area contributed by atoms with Crippen LogP contribution in [-0.4, -0.2) is 29.2 Å². The SMILES string of the molecule is c1cnc(Oc2cccc(CNC[C@@H]3CCCO3)c2)nc1. The molecule has 0 unspecified atom stereocenters. The third-order valence-corrected chi connectivity index (χ3v) is 3.37. The monoisotopic (exact) mass is 285 g/mol. The van der Waals surface area contributed by atoms with Crippen LogP contribution in [-0.2, 0) is 11.3 Å². The Bertz CT molecular complexity index is 556. The van der Waals surface area contributed by atoms with Crippen molar-refractivity contribution in [1.29, 1.82) is 0 Å². The Labute approximate surface area is 124 Å². The summed E-state index contributed by atoms with van der Waals surface area (Å²) < 4.78 is 11.2.